The third kappa shape index (κ3) is 2.21. The fourth-order valence-electron chi connectivity index (χ4n) is 1.81. The zero-order chi connectivity index (χ0) is 9.03. The maximum Gasteiger partial charge on any atom is 0.111 e. The lowest BCUT2D eigenvalue weighted by molar-refractivity contribution is 0.396. The van der Waals surface area contributed by atoms with Gasteiger partial charge in [-0.2, -0.15) is 0 Å². The quantitative estimate of drug-likeness (QED) is 0.409. The third-order valence-electron chi connectivity index (χ3n) is 2.78. The molecule has 0 heterocycles. The van der Waals surface area contributed by atoms with Crippen molar-refractivity contribution < 1.29 is 0 Å². The molecular formula is C9H19N3. The fraction of sp³-hybridized carbons (Fsp3) is 0.889. The van der Waals surface area contributed by atoms with Crippen molar-refractivity contribution in [1.82, 2.24) is 0 Å². The first kappa shape index (κ1) is 9.52. The van der Waals surface area contributed by atoms with Gasteiger partial charge in [-0.15, -0.1) is 0 Å². The molecule has 5 N–H and O–H groups in total. The molecule has 12 heavy (non-hydrogen) atoms. The Hall–Kier alpha value is -0.570. The van der Waals surface area contributed by atoms with Gasteiger partial charge in [-0.25, -0.2) is 0 Å². The van der Waals surface area contributed by atoms with E-state index in [2.05, 4.69) is 0 Å². The second kappa shape index (κ2) is 3.90. The fourth-order valence-corrected chi connectivity index (χ4v) is 1.81. The van der Waals surface area contributed by atoms with Crippen molar-refractivity contribution in [1.29, 1.82) is 5.41 Å². The summed E-state index contributed by atoms with van der Waals surface area (Å²) in [5.41, 5.74) is 11.0. The van der Waals surface area contributed by atoms with Crippen molar-refractivity contribution in [3.05, 3.63) is 0 Å². The van der Waals surface area contributed by atoms with E-state index in [1.165, 1.54) is 19.3 Å². The Bertz CT molecular complexity index is 157. The maximum absolute atomic E-state index is 7.41. The molecule has 1 aliphatic carbocycles. The van der Waals surface area contributed by atoms with Crippen LogP contribution in [-0.4, -0.2) is 11.4 Å². The maximum atomic E-state index is 7.41. The smallest absolute Gasteiger partial charge is 0.111 e. The molecule has 3 heteroatoms. The lowest BCUT2D eigenvalue weighted by Gasteiger charge is -2.29. The second-order valence-electron chi connectivity index (χ2n) is 3.84. The summed E-state index contributed by atoms with van der Waals surface area (Å²) in [5, 5.41) is 7.41. The second-order valence-corrected chi connectivity index (χ2v) is 3.84. The molecule has 0 bridgehead atoms. The number of nitrogens with one attached hydrogen (secondary N) is 1. The lowest BCUT2D eigenvalue weighted by Crippen LogP contribution is -2.51. The van der Waals surface area contributed by atoms with Crippen LogP contribution in [0.25, 0.3) is 0 Å². The van der Waals surface area contributed by atoms with Gasteiger partial charge in [-0.3, -0.25) is 5.41 Å². The normalized spacial score (nSPS) is 24.1. The lowest BCUT2D eigenvalue weighted by atomic mass is 9.84. The summed E-state index contributed by atoms with van der Waals surface area (Å²) in [6.45, 7) is 0. The Kier molecular flexibility index (Phi) is 3.09. The Morgan fingerprint density at radius 2 is 1.42 bits per heavy atom. The minimum Gasteiger partial charge on any atom is -0.386 e. The monoisotopic (exact) mass is 169 g/mol. The van der Waals surface area contributed by atoms with Crippen molar-refractivity contribution in [2.75, 3.05) is 0 Å². The summed E-state index contributed by atoms with van der Waals surface area (Å²) in [5.74, 6) is 0.171. The number of amidine groups is 1. The van der Waals surface area contributed by atoms with Crippen LogP contribution in [-0.2, 0) is 0 Å². The van der Waals surface area contributed by atoms with E-state index in [0.717, 1.165) is 25.7 Å². The number of hydrogen-bond acceptors (Lipinski definition) is 2. The van der Waals surface area contributed by atoms with Crippen molar-refractivity contribution in [3.63, 3.8) is 0 Å². The van der Waals surface area contributed by atoms with E-state index in [4.69, 9.17) is 16.9 Å². The minimum absolute atomic E-state index is 0.171. The Morgan fingerprint density at radius 3 is 1.83 bits per heavy atom. The number of hydrogen-bond donors (Lipinski definition) is 3. The van der Waals surface area contributed by atoms with E-state index in [0.29, 0.717) is 0 Å². The molecule has 3 nitrogen and oxygen atoms in total. The Labute approximate surface area is 74.0 Å². The van der Waals surface area contributed by atoms with Crippen LogP contribution in [0.15, 0.2) is 0 Å². The molecule has 0 aromatic heterocycles. The molecule has 0 unspecified atom stereocenters. The molecule has 0 saturated heterocycles. The highest BCUT2D eigenvalue weighted by molar-refractivity contribution is 5.86. The van der Waals surface area contributed by atoms with Gasteiger partial charge in [0.1, 0.15) is 5.84 Å². The van der Waals surface area contributed by atoms with Gasteiger partial charge in [0, 0.05) is 0 Å². The molecule has 1 rings (SSSR count). The van der Waals surface area contributed by atoms with Crippen molar-refractivity contribution in [2.24, 2.45) is 11.5 Å². The van der Waals surface area contributed by atoms with Gasteiger partial charge in [0.05, 0.1) is 5.54 Å². The average Bonchev–Trinajstić information content (AvgIpc) is 1.97. The molecule has 0 aromatic rings. The topological polar surface area (TPSA) is 75.9 Å². The molecule has 1 aliphatic rings. The molecular weight excluding hydrogens is 150 g/mol. The van der Waals surface area contributed by atoms with Gasteiger partial charge in [0.25, 0.3) is 0 Å². The summed E-state index contributed by atoms with van der Waals surface area (Å²) in [7, 11) is 0. The Balaban J connectivity index is 2.54. The predicted molar refractivity (Wildman–Crippen MR) is 51.2 cm³/mol. The first-order valence-corrected chi connectivity index (χ1v) is 4.78. The standard InChI is InChI=1S/C9H19N3/c10-8(11)9(12)6-4-2-1-3-5-7-9/h1-7,12H2,(H3,10,11). The molecule has 0 radical (unpaired) electrons. The van der Waals surface area contributed by atoms with Crippen LogP contribution < -0.4 is 11.5 Å². The van der Waals surface area contributed by atoms with Gasteiger partial charge < -0.3 is 11.5 Å². The summed E-state index contributed by atoms with van der Waals surface area (Å²) >= 11 is 0. The van der Waals surface area contributed by atoms with Crippen LogP contribution >= 0.6 is 0 Å². The summed E-state index contributed by atoms with van der Waals surface area (Å²) in [4.78, 5) is 0. The molecule has 0 amide bonds. The van der Waals surface area contributed by atoms with Gasteiger partial charge >= 0.3 is 0 Å². The van der Waals surface area contributed by atoms with Gasteiger partial charge in [-0.05, 0) is 12.8 Å². The largest absolute Gasteiger partial charge is 0.386 e. The van der Waals surface area contributed by atoms with Crippen LogP contribution in [0.2, 0.25) is 0 Å². The molecule has 0 aromatic carbocycles. The predicted octanol–water partition coefficient (Wildman–Crippen LogP) is 1.36. The highest BCUT2D eigenvalue weighted by Crippen LogP contribution is 2.23. The van der Waals surface area contributed by atoms with Gasteiger partial charge in [0.2, 0.25) is 0 Å². The molecule has 0 aliphatic heterocycles. The summed E-state index contributed by atoms with van der Waals surface area (Å²) in [6.07, 6.45) is 7.82. The van der Waals surface area contributed by atoms with Crippen LogP contribution in [0.4, 0.5) is 0 Å². The van der Waals surface area contributed by atoms with E-state index < -0.39 is 5.54 Å². The minimum atomic E-state index is -0.486. The molecule has 1 fully saturated rings. The first-order chi connectivity index (χ1) is 5.65. The average molecular weight is 169 g/mol. The van der Waals surface area contributed by atoms with Gasteiger partial charge in [-0.1, -0.05) is 32.1 Å². The summed E-state index contributed by atoms with van der Waals surface area (Å²) < 4.78 is 0. The molecule has 70 valence electrons. The van der Waals surface area contributed by atoms with E-state index >= 15 is 0 Å². The van der Waals surface area contributed by atoms with Crippen molar-refractivity contribution in [2.45, 2.75) is 50.5 Å². The molecule has 0 atom stereocenters. The SMILES string of the molecule is N=C(N)C1(N)CCCCCCC1. The first-order valence-electron chi connectivity index (χ1n) is 4.78. The van der Waals surface area contributed by atoms with E-state index in [9.17, 15) is 0 Å². The molecule has 0 spiro atoms. The van der Waals surface area contributed by atoms with E-state index in [1.54, 1.807) is 0 Å². The van der Waals surface area contributed by atoms with Crippen molar-refractivity contribution >= 4 is 5.84 Å². The third-order valence-corrected chi connectivity index (χ3v) is 2.78. The summed E-state index contributed by atoms with van der Waals surface area (Å²) in [6, 6.07) is 0. The number of nitrogens with two attached hydrogens (primary N) is 2. The highest BCUT2D eigenvalue weighted by Gasteiger charge is 2.28. The van der Waals surface area contributed by atoms with Gasteiger partial charge in [0.15, 0.2) is 0 Å². The Morgan fingerprint density at radius 1 is 1.00 bits per heavy atom. The zero-order valence-electron chi connectivity index (χ0n) is 7.60. The van der Waals surface area contributed by atoms with Crippen LogP contribution in [0.1, 0.15) is 44.9 Å². The highest BCUT2D eigenvalue weighted by atomic mass is 14.9. The van der Waals surface area contributed by atoms with Crippen LogP contribution in [0, 0.1) is 5.41 Å². The van der Waals surface area contributed by atoms with Crippen LogP contribution in [0.5, 0.6) is 0 Å². The van der Waals surface area contributed by atoms with Crippen molar-refractivity contribution in [3.8, 4) is 0 Å². The molecule has 1 saturated carbocycles. The van der Waals surface area contributed by atoms with E-state index in [1.807, 2.05) is 0 Å². The van der Waals surface area contributed by atoms with E-state index in [-0.39, 0.29) is 5.84 Å². The number of rotatable bonds is 1. The van der Waals surface area contributed by atoms with Crippen LogP contribution in [0.3, 0.4) is 0 Å². The zero-order valence-corrected chi connectivity index (χ0v) is 7.60.